The van der Waals surface area contributed by atoms with Gasteiger partial charge in [-0.05, 0) is 63.4 Å². The van der Waals surface area contributed by atoms with Crippen molar-refractivity contribution in [1.82, 2.24) is 9.80 Å². The van der Waals surface area contributed by atoms with Gasteiger partial charge in [0.15, 0.2) is 0 Å². The van der Waals surface area contributed by atoms with Crippen LogP contribution >= 0.6 is 11.3 Å². The van der Waals surface area contributed by atoms with Crippen molar-refractivity contribution in [3.63, 3.8) is 0 Å². The molecular weight excluding hydrogens is 328 g/mol. The van der Waals surface area contributed by atoms with Crippen LogP contribution in [0.15, 0.2) is 42.5 Å². The highest BCUT2D eigenvalue weighted by Crippen LogP contribution is 2.21. The van der Waals surface area contributed by atoms with Crippen molar-refractivity contribution < 1.29 is 4.79 Å². The minimum Gasteiger partial charge on any atom is -0.337 e. The zero-order valence-electron chi connectivity index (χ0n) is 15.3. The van der Waals surface area contributed by atoms with Crippen LogP contribution in [0.4, 0.5) is 0 Å². The SMILES string of the molecule is Cc1ccc(C(=O)N(C)C2CCCN(CCCc3ccccc3)C2)s1. The predicted octanol–water partition coefficient (Wildman–Crippen LogP) is 4.23. The van der Waals surface area contributed by atoms with Gasteiger partial charge in [0.1, 0.15) is 0 Å². The van der Waals surface area contributed by atoms with Gasteiger partial charge in [-0.2, -0.15) is 0 Å². The van der Waals surface area contributed by atoms with Crippen molar-refractivity contribution >= 4 is 17.2 Å². The third-order valence-corrected chi connectivity index (χ3v) is 6.07. The minimum absolute atomic E-state index is 0.175. The summed E-state index contributed by atoms with van der Waals surface area (Å²) in [4.78, 5) is 19.2. The van der Waals surface area contributed by atoms with Gasteiger partial charge in [-0.15, -0.1) is 11.3 Å². The molecule has 1 saturated heterocycles. The molecule has 1 amide bonds. The first kappa shape index (κ1) is 18.2. The fourth-order valence-electron chi connectivity index (χ4n) is 3.59. The lowest BCUT2D eigenvalue weighted by Gasteiger charge is -2.37. The van der Waals surface area contributed by atoms with E-state index >= 15 is 0 Å². The van der Waals surface area contributed by atoms with Gasteiger partial charge >= 0.3 is 0 Å². The summed E-state index contributed by atoms with van der Waals surface area (Å²) in [5.41, 5.74) is 1.41. The third kappa shape index (κ3) is 4.93. The number of carbonyl (C=O) groups is 1. The number of hydrogen-bond donors (Lipinski definition) is 0. The summed E-state index contributed by atoms with van der Waals surface area (Å²) in [7, 11) is 1.97. The summed E-state index contributed by atoms with van der Waals surface area (Å²) < 4.78 is 0. The lowest BCUT2D eigenvalue weighted by molar-refractivity contribution is 0.0621. The van der Waals surface area contributed by atoms with Crippen molar-refractivity contribution in [1.29, 1.82) is 0 Å². The van der Waals surface area contributed by atoms with Gasteiger partial charge in [-0.3, -0.25) is 4.79 Å². The number of piperidine rings is 1. The lowest BCUT2D eigenvalue weighted by Crippen LogP contribution is -2.48. The molecule has 25 heavy (non-hydrogen) atoms. The molecule has 2 aromatic rings. The van der Waals surface area contributed by atoms with Gasteiger partial charge in [0, 0.05) is 24.5 Å². The zero-order valence-corrected chi connectivity index (χ0v) is 16.1. The van der Waals surface area contributed by atoms with Crippen molar-refractivity contribution in [2.24, 2.45) is 0 Å². The largest absolute Gasteiger partial charge is 0.337 e. The molecule has 1 aliphatic rings. The summed E-state index contributed by atoms with van der Waals surface area (Å²) in [5.74, 6) is 0.175. The van der Waals surface area contributed by atoms with Crippen molar-refractivity contribution in [3.05, 3.63) is 57.8 Å². The van der Waals surface area contributed by atoms with E-state index in [0.29, 0.717) is 6.04 Å². The number of rotatable bonds is 6. The summed E-state index contributed by atoms with van der Waals surface area (Å²) in [6, 6.07) is 15.0. The van der Waals surface area contributed by atoms with Crippen LogP contribution in [-0.4, -0.2) is 48.4 Å². The van der Waals surface area contributed by atoms with Crippen LogP contribution in [-0.2, 0) is 6.42 Å². The predicted molar refractivity (Wildman–Crippen MR) is 105 cm³/mol. The Labute approximate surface area is 155 Å². The Hall–Kier alpha value is -1.65. The standard InChI is InChI=1S/C21H28N2OS/c1-17-12-13-20(25-17)21(24)22(2)19-11-7-15-23(16-19)14-6-10-18-8-4-3-5-9-18/h3-5,8-9,12-13,19H,6-7,10-11,14-16H2,1-2H3. The van der Waals surface area contributed by atoms with E-state index in [4.69, 9.17) is 0 Å². The molecule has 0 aliphatic carbocycles. The first-order valence-corrected chi connectivity index (χ1v) is 10.0. The molecule has 3 nitrogen and oxygen atoms in total. The van der Waals surface area contributed by atoms with E-state index < -0.39 is 0 Å². The number of amides is 1. The van der Waals surface area contributed by atoms with Gasteiger partial charge in [0.2, 0.25) is 0 Å². The fraction of sp³-hybridized carbons (Fsp3) is 0.476. The molecule has 0 saturated carbocycles. The first-order valence-electron chi connectivity index (χ1n) is 9.23. The number of likely N-dealkylation sites (N-methyl/N-ethyl adjacent to an activating group) is 1. The number of hydrogen-bond acceptors (Lipinski definition) is 3. The van der Waals surface area contributed by atoms with E-state index in [1.165, 1.54) is 23.3 Å². The molecule has 1 aromatic carbocycles. The van der Waals surface area contributed by atoms with E-state index in [0.717, 1.165) is 37.4 Å². The van der Waals surface area contributed by atoms with Gasteiger partial charge in [-0.1, -0.05) is 30.3 Å². The van der Waals surface area contributed by atoms with Gasteiger partial charge in [0.25, 0.3) is 5.91 Å². The Balaban J connectivity index is 1.49. The van der Waals surface area contributed by atoms with Crippen LogP contribution in [0, 0.1) is 6.92 Å². The lowest BCUT2D eigenvalue weighted by atomic mass is 10.0. The number of likely N-dealkylation sites (tertiary alicyclic amines) is 1. The topological polar surface area (TPSA) is 23.6 Å². The highest BCUT2D eigenvalue weighted by molar-refractivity contribution is 7.13. The summed E-state index contributed by atoms with van der Waals surface area (Å²) in [5, 5.41) is 0. The van der Waals surface area contributed by atoms with E-state index in [-0.39, 0.29) is 5.91 Å². The Morgan fingerprint density at radius 1 is 1.24 bits per heavy atom. The Bertz CT molecular complexity index is 682. The van der Waals surface area contributed by atoms with Gasteiger partial charge in [-0.25, -0.2) is 0 Å². The Morgan fingerprint density at radius 2 is 2.04 bits per heavy atom. The molecule has 0 N–H and O–H groups in total. The van der Waals surface area contributed by atoms with E-state index in [2.05, 4.69) is 42.2 Å². The molecule has 0 bridgehead atoms. The maximum absolute atomic E-state index is 12.7. The fourth-order valence-corrected chi connectivity index (χ4v) is 4.44. The molecule has 1 atom stereocenters. The van der Waals surface area contributed by atoms with Crippen LogP contribution in [0.3, 0.4) is 0 Å². The number of aryl methyl sites for hydroxylation is 2. The number of benzene rings is 1. The normalized spacial score (nSPS) is 18.2. The van der Waals surface area contributed by atoms with Gasteiger partial charge < -0.3 is 9.80 Å². The molecule has 2 heterocycles. The zero-order chi connectivity index (χ0) is 17.6. The second-order valence-electron chi connectivity index (χ2n) is 7.01. The monoisotopic (exact) mass is 356 g/mol. The summed E-state index contributed by atoms with van der Waals surface area (Å²) in [6.45, 7) is 5.33. The second kappa shape index (κ2) is 8.63. The molecule has 134 valence electrons. The van der Waals surface area contributed by atoms with Crippen molar-refractivity contribution in [3.8, 4) is 0 Å². The summed E-state index contributed by atoms with van der Waals surface area (Å²) >= 11 is 1.60. The van der Waals surface area contributed by atoms with Crippen LogP contribution < -0.4 is 0 Å². The molecular formula is C21H28N2OS. The quantitative estimate of drug-likeness (QED) is 0.773. The average molecular weight is 357 g/mol. The minimum atomic E-state index is 0.175. The maximum Gasteiger partial charge on any atom is 0.263 e. The van der Waals surface area contributed by atoms with Crippen LogP contribution in [0.25, 0.3) is 0 Å². The molecule has 4 heteroatoms. The highest BCUT2D eigenvalue weighted by Gasteiger charge is 2.27. The Morgan fingerprint density at radius 3 is 2.76 bits per heavy atom. The molecule has 0 radical (unpaired) electrons. The summed E-state index contributed by atoms with van der Waals surface area (Å²) in [6.07, 6.45) is 4.60. The first-order chi connectivity index (χ1) is 12.1. The molecule has 3 rings (SSSR count). The van der Waals surface area contributed by atoms with Crippen molar-refractivity contribution in [2.75, 3.05) is 26.7 Å². The van der Waals surface area contributed by atoms with Crippen molar-refractivity contribution in [2.45, 2.75) is 38.6 Å². The molecule has 1 unspecified atom stereocenters. The van der Waals surface area contributed by atoms with Crippen LogP contribution in [0.1, 0.15) is 39.4 Å². The van der Waals surface area contributed by atoms with Crippen LogP contribution in [0.5, 0.6) is 0 Å². The van der Waals surface area contributed by atoms with E-state index in [1.807, 2.05) is 24.1 Å². The second-order valence-corrected chi connectivity index (χ2v) is 8.30. The highest BCUT2D eigenvalue weighted by atomic mass is 32.1. The van der Waals surface area contributed by atoms with E-state index in [1.54, 1.807) is 11.3 Å². The average Bonchev–Trinajstić information content (AvgIpc) is 3.08. The smallest absolute Gasteiger partial charge is 0.263 e. The van der Waals surface area contributed by atoms with Crippen LogP contribution in [0.2, 0.25) is 0 Å². The molecule has 1 aromatic heterocycles. The Kier molecular flexibility index (Phi) is 6.27. The number of carbonyl (C=O) groups excluding carboxylic acids is 1. The van der Waals surface area contributed by atoms with Gasteiger partial charge in [0.05, 0.1) is 4.88 Å². The number of nitrogens with zero attached hydrogens (tertiary/aromatic N) is 2. The maximum atomic E-state index is 12.7. The molecule has 0 spiro atoms. The molecule has 1 fully saturated rings. The number of thiophene rings is 1. The molecule has 1 aliphatic heterocycles. The third-order valence-electron chi connectivity index (χ3n) is 5.08. The van der Waals surface area contributed by atoms with E-state index in [9.17, 15) is 4.79 Å².